The molecule has 1 aromatic rings. The number of aliphatic hydroxyl groups excluding tert-OH is 1. The number of benzene rings is 1. The second-order valence-electron chi connectivity index (χ2n) is 5.34. The number of methoxy groups -OCH3 is 1. The zero-order valence-corrected chi connectivity index (χ0v) is 12.3. The number of hydrogen-bond acceptors (Lipinski definition) is 5. The maximum Gasteiger partial charge on any atom is 0.412 e. The zero-order valence-electron chi connectivity index (χ0n) is 12.3. The number of hydrogen-bond donors (Lipinski definition) is 3. The first-order valence-electron chi connectivity index (χ1n) is 6.33. The van der Waals surface area contributed by atoms with Crippen LogP contribution in [0.1, 0.15) is 32.4 Å². The van der Waals surface area contributed by atoms with Crippen LogP contribution in [0.15, 0.2) is 18.2 Å². The number of carbonyl (C=O) groups excluding carboxylic acids is 1. The molecule has 0 aromatic heterocycles. The Balaban J connectivity index is 2.88. The number of nitrogens with two attached hydrogens (primary N) is 1. The van der Waals surface area contributed by atoms with Crippen LogP contribution >= 0.6 is 0 Å². The third-order valence-corrected chi connectivity index (χ3v) is 2.47. The summed E-state index contributed by atoms with van der Waals surface area (Å²) in [5.74, 6) is 0.431. The highest BCUT2D eigenvalue weighted by molar-refractivity contribution is 5.87. The summed E-state index contributed by atoms with van der Waals surface area (Å²) in [7, 11) is 1.48. The summed E-state index contributed by atoms with van der Waals surface area (Å²) in [5.41, 5.74) is 5.92. The molecule has 112 valence electrons. The van der Waals surface area contributed by atoms with Crippen molar-refractivity contribution in [1.82, 2.24) is 0 Å². The van der Waals surface area contributed by atoms with Gasteiger partial charge in [0.2, 0.25) is 0 Å². The molecule has 0 bridgehead atoms. The van der Waals surface area contributed by atoms with Crippen LogP contribution in [0.5, 0.6) is 5.75 Å². The van der Waals surface area contributed by atoms with Gasteiger partial charge in [-0.25, -0.2) is 4.79 Å². The lowest BCUT2D eigenvalue weighted by molar-refractivity contribution is 0.0635. The van der Waals surface area contributed by atoms with Crippen molar-refractivity contribution in [2.75, 3.05) is 19.0 Å². The summed E-state index contributed by atoms with van der Waals surface area (Å²) >= 11 is 0. The number of aliphatic hydroxyl groups is 1. The van der Waals surface area contributed by atoms with Gasteiger partial charge < -0.3 is 20.3 Å². The van der Waals surface area contributed by atoms with E-state index in [4.69, 9.17) is 15.2 Å². The number of anilines is 1. The standard InChI is InChI=1S/C14H22N2O4/c1-14(2,3)20-13(18)16-10-6-5-9(11(17)8-15)7-12(10)19-4/h5-7,11,17H,8,15H2,1-4H3,(H,16,18)/t11-/m0/s1. The van der Waals surface area contributed by atoms with Gasteiger partial charge in [-0.2, -0.15) is 0 Å². The van der Waals surface area contributed by atoms with E-state index in [2.05, 4.69) is 5.32 Å². The molecule has 1 amide bonds. The van der Waals surface area contributed by atoms with Gasteiger partial charge in [0.25, 0.3) is 0 Å². The van der Waals surface area contributed by atoms with E-state index in [1.165, 1.54) is 7.11 Å². The van der Waals surface area contributed by atoms with Gasteiger partial charge in [-0.1, -0.05) is 6.07 Å². The predicted molar refractivity (Wildman–Crippen MR) is 76.9 cm³/mol. The molecule has 0 radical (unpaired) electrons. The monoisotopic (exact) mass is 282 g/mol. The molecule has 0 saturated carbocycles. The number of amides is 1. The minimum atomic E-state index is -0.764. The summed E-state index contributed by atoms with van der Waals surface area (Å²) in [4.78, 5) is 11.7. The molecule has 0 spiro atoms. The van der Waals surface area contributed by atoms with Crippen molar-refractivity contribution in [3.05, 3.63) is 23.8 Å². The fourth-order valence-electron chi connectivity index (χ4n) is 1.57. The van der Waals surface area contributed by atoms with Crippen LogP contribution in [0.4, 0.5) is 10.5 Å². The number of rotatable bonds is 4. The third kappa shape index (κ3) is 4.71. The summed E-state index contributed by atoms with van der Waals surface area (Å²) < 4.78 is 10.4. The Bertz CT molecular complexity index is 469. The van der Waals surface area contributed by atoms with Gasteiger partial charge in [0, 0.05) is 6.54 Å². The molecular weight excluding hydrogens is 260 g/mol. The van der Waals surface area contributed by atoms with Crippen LogP contribution in [-0.2, 0) is 4.74 Å². The van der Waals surface area contributed by atoms with Crippen molar-refractivity contribution in [3.8, 4) is 5.75 Å². The highest BCUT2D eigenvalue weighted by atomic mass is 16.6. The molecule has 0 aliphatic rings. The Labute approximate surface area is 118 Å². The SMILES string of the molecule is COc1cc([C@@H](O)CN)ccc1NC(=O)OC(C)(C)C. The normalized spacial score (nSPS) is 12.7. The summed E-state index contributed by atoms with van der Waals surface area (Å²) in [6.07, 6.45) is -1.33. The largest absolute Gasteiger partial charge is 0.495 e. The van der Waals surface area contributed by atoms with Crippen LogP contribution in [0.3, 0.4) is 0 Å². The number of carbonyl (C=O) groups is 1. The molecule has 0 heterocycles. The minimum Gasteiger partial charge on any atom is -0.495 e. The van der Waals surface area contributed by atoms with E-state index in [-0.39, 0.29) is 6.54 Å². The van der Waals surface area contributed by atoms with E-state index in [1.54, 1.807) is 39.0 Å². The molecule has 6 heteroatoms. The number of nitrogens with one attached hydrogen (secondary N) is 1. The first-order chi connectivity index (χ1) is 9.26. The van der Waals surface area contributed by atoms with Crippen molar-refractivity contribution in [3.63, 3.8) is 0 Å². The molecule has 0 saturated heterocycles. The molecule has 6 nitrogen and oxygen atoms in total. The van der Waals surface area contributed by atoms with E-state index in [0.717, 1.165) is 0 Å². The van der Waals surface area contributed by atoms with E-state index in [9.17, 15) is 9.90 Å². The maximum atomic E-state index is 11.7. The fraction of sp³-hybridized carbons (Fsp3) is 0.500. The Morgan fingerprint density at radius 1 is 1.45 bits per heavy atom. The van der Waals surface area contributed by atoms with E-state index in [0.29, 0.717) is 17.0 Å². The van der Waals surface area contributed by atoms with Gasteiger partial charge in [0.1, 0.15) is 11.4 Å². The second-order valence-corrected chi connectivity index (χ2v) is 5.34. The van der Waals surface area contributed by atoms with E-state index in [1.807, 2.05) is 0 Å². The Kier molecular flexibility index (Phi) is 5.35. The van der Waals surface area contributed by atoms with Crippen LogP contribution in [0.2, 0.25) is 0 Å². The molecule has 0 aliphatic carbocycles. The summed E-state index contributed by atoms with van der Waals surface area (Å²) in [6, 6.07) is 4.94. The lowest BCUT2D eigenvalue weighted by atomic mass is 10.1. The summed E-state index contributed by atoms with van der Waals surface area (Å²) in [6.45, 7) is 5.46. The predicted octanol–water partition coefficient (Wildman–Crippen LogP) is 2.03. The van der Waals surface area contributed by atoms with Crippen LogP contribution in [0.25, 0.3) is 0 Å². The Morgan fingerprint density at radius 2 is 2.10 bits per heavy atom. The summed E-state index contributed by atoms with van der Waals surface area (Å²) in [5, 5.41) is 12.3. The topological polar surface area (TPSA) is 93.8 Å². The van der Waals surface area contributed by atoms with Crippen LogP contribution < -0.4 is 15.8 Å². The Hall–Kier alpha value is -1.79. The first kappa shape index (κ1) is 16.3. The average molecular weight is 282 g/mol. The average Bonchev–Trinajstić information content (AvgIpc) is 2.36. The van der Waals surface area contributed by atoms with Crippen molar-refractivity contribution in [1.29, 1.82) is 0 Å². The van der Waals surface area contributed by atoms with Crippen molar-refractivity contribution in [2.45, 2.75) is 32.5 Å². The zero-order chi connectivity index (χ0) is 15.3. The van der Waals surface area contributed by atoms with Gasteiger partial charge in [0.05, 0.1) is 18.9 Å². The van der Waals surface area contributed by atoms with Crippen LogP contribution in [-0.4, -0.2) is 30.5 Å². The lowest BCUT2D eigenvalue weighted by Gasteiger charge is -2.20. The number of ether oxygens (including phenoxy) is 2. The van der Waals surface area contributed by atoms with Gasteiger partial charge >= 0.3 is 6.09 Å². The highest BCUT2D eigenvalue weighted by Crippen LogP contribution is 2.28. The van der Waals surface area contributed by atoms with Crippen LogP contribution in [0, 0.1) is 0 Å². The molecule has 0 unspecified atom stereocenters. The van der Waals surface area contributed by atoms with Crippen molar-refractivity contribution < 1.29 is 19.4 Å². The molecule has 0 aliphatic heterocycles. The molecule has 1 aromatic carbocycles. The molecule has 4 N–H and O–H groups in total. The first-order valence-corrected chi connectivity index (χ1v) is 6.33. The second kappa shape index (κ2) is 6.58. The van der Waals surface area contributed by atoms with E-state index >= 15 is 0 Å². The van der Waals surface area contributed by atoms with Gasteiger partial charge in [-0.3, -0.25) is 5.32 Å². The maximum absolute atomic E-state index is 11.7. The van der Waals surface area contributed by atoms with Crippen molar-refractivity contribution in [2.24, 2.45) is 5.73 Å². The Morgan fingerprint density at radius 3 is 2.60 bits per heavy atom. The molecule has 20 heavy (non-hydrogen) atoms. The third-order valence-electron chi connectivity index (χ3n) is 2.47. The lowest BCUT2D eigenvalue weighted by Crippen LogP contribution is -2.27. The van der Waals surface area contributed by atoms with E-state index < -0.39 is 17.8 Å². The van der Waals surface area contributed by atoms with Gasteiger partial charge in [-0.05, 0) is 38.5 Å². The molecular formula is C14H22N2O4. The quantitative estimate of drug-likeness (QED) is 0.785. The van der Waals surface area contributed by atoms with Crippen molar-refractivity contribution >= 4 is 11.8 Å². The fourth-order valence-corrected chi connectivity index (χ4v) is 1.57. The molecule has 0 fully saturated rings. The van der Waals surface area contributed by atoms with Gasteiger partial charge in [-0.15, -0.1) is 0 Å². The molecule has 1 rings (SSSR count). The smallest absolute Gasteiger partial charge is 0.412 e. The van der Waals surface area contributed by atoms with Gasteiger partial charge in [0.15, 0.2) is 0 Å². The minimum absolute atomic E-state index is 0.113. The highest BCUT2D eigenvalue weighted by Gasteiger charge is 2.18. The molecule has 1 atom stereocenters.